The van der Waals surface area contributed by atoms with Crippen molar-refractivity contribution in [2.75, 3.05) is 34.4 Å². The predicted molar refractivity (Wildman–Crippen MR) is 65.0 cm³/mol. The Labute approximate surface area is 101 Å². The first kappa shape index (κ1) is 13.6. The van der Waals surface area contributed by atoms with Crippen molar-refractivity contribution in [3.05, 3.63) is 18.2 Å². The second kappa shape index (κ2) is 6.98. The summed E-state index contributed by atoms with van der Waals surface area (Å²) in [5.74, 6) is 1.92. The Kier molecular flexibility index (Phi) is 5.59. The van der Waals surface area contributed by atoms with Crippen LogP contribution in [0.1, 0.15) is 0 Å². The van der Waals surface area contributed by atoms with Gasteiger partial charge in [0, 0.05) is 24.7 Å². The van der Waals surface area contributed by atoms with E-state index in [4.69, 9.17) is 14.2 Å². The van der Waals surface area contributed by atoms with E-state index in [0.29, 0.717) is 23.8 Å². The molecular formula is C12H19NO4. The number of rotatable bonds is 7. The Balaban J connectivity index is 2.63. The lowest BCUT2D eigenvalue weighted by molar-refractivity contribution is 0.108. The summed E-state index contributed by atoms with van der Waals surface area (Å²) in [5.41, 5.74) is 0. The highest BCUT2D eigenvalue weighted by Crippen LogP contribution is 2.27. The van der Waals surface area contributed by atoms with Gasteiger partial charge in [-0.25, -0.2) is 0 Å². The number of aliphatic hydroxyl groups is 1. The van der Waals surface area contributed by atoms with E-state index in [0.717, 1.165) is 0 Å². The Morgan fingerprint density at radius 1 is 1.12 bits per heavy atom. The smallest absolute Gasteiger partial charge is 0.126 e. The largest absolute Gasteiger partial charge is 0.496 e. The molecule has 0 saturated carbocycles. The van der Waals surface area contributed by atoms with Crippen LogP contribution in [0.25, 0.3) is 0 Å². The first-order valence-electron chi connectivity index (χ1n) is 5.38. The number of nitrogens with one attached hydrogen (secondary N) is 1. The standard InChI is InChI=1S/C12H19NO4/c1-13-7-9(14)8-17-12-5-10(15-2)4-11(6-12)16-3/h4-6,9,13-14H,7-8H2,1-3H3. The first-order chi connectivity index (χ1) is 8.19. The molecule has 0 spiro atoms. The molecule has 0 bridgehead atoms. The number of hydrogen-bond acceptors (Lipinski definition) is 5. The van der Waals surface area contributed by atoms with Crippen molar-refractivity contribution in [2.24, 2.45) is 0 Å². The van der Waals surface area contributed by atoms with Gasteiger partial charge in [-0.3, -0.25) is 0 Å². The molecule has 0 aliphatic carbocycles. The molecule has 0 radical (unpaired) electrons. The normalized spacial score (nSPS) is 12.0. The quantitative estimate of drug-likeness (QED) is 0.734. The highest BCUT2D eigenvalue weighted by Gasteiger charge is 2.06. The van der Waals surface area contributed by atoms with Gasteiger partial charge in [-0.15, -0.1) is 0 Å². The van der Waals surface area contributed by atoms with E-state index in [2.05, 4.69) is 5.32 Å². The molecule has 0 amide bonds. The van der Waals surface area contributed by atoms with Gasteiger partial charge in [0.05, 0.1) is 14.2 Å². The fourth-order valence-electron chi connectivity index (χ4n) is 1.35. The van der Waals surface area contributed by atoms with E-state index in [9.17, 15) is 5.11 Å². The second-order valence-corrected chi connectivity index (χ2v) is 3.57. The van der Waals surface area contributed by atoms with Crippen molar-refractivity contribution in [1.82, 2.24) is 5.32 Å². The van der Waals surface area contributed by atoms with Gasteiger partial charge in [-0.05, 0) is 7.05 Å². The van der Waals surface area contributed by atoms with Crippen LogP contribution in [0, 0.1) is 0 Å². The molecule has 1 aromatic carbocycles. The summed E-state index contributed by atoms with van der Waals surface area (Å²) < 4.78 is 15.7. The predicted octanol–water partition coefficient (Wildman–Crippen LogP) is 0.663. The van der Waals surface area contributed by atoms with Crippen molar-refractivity contribution in [3.63, 3.8) is 0 Å². The number of hydrogen-bond donors (Lipinski definition) is 2. The van der Waals surface area contributed by atoms with Crippen LogP contribution < -0.4 is 19.5 Å². The lowest BCUT2D eigenvalue weighted by Gasteiger charge is -2.13. The van der Waals surface area contributed by atoms with E-state index >= 15 is 0 Å². The zero-order valence-corrected chi connectivity index (χ0v) is 10.4. The summed E-state index contributed by atoms with van der Waals surface area (Å²) in [5, 5.41) is 12.4. The Morgan fingerprint density at radius 3 is 2.12 bits per heavy atom. The van der Waals surface area contributed by atoms with Crippen LogP contribution in [0.15, 0.2) is 18.2 Å². The molecule has 5 heteroatoms. The maximum atomic E-state index is 9.51. The van der Waals surface area contributed by atoms with Gasteiger partial charge in [0.15, 0.2) is 0 Å². The van der Waals surface area contributed by atoms with Crippen LogP contribution in [0.2, 0.25) is 0 Å². The molecule has 1 aromatic rings. The minimum atomic E-state index is -0.544. The molecule has 96 valence electrons. The monoisotopic (exact) mass is 241 g/mol. The third kappa shape index (κ3) is 4.50. The number of methoxy groups -OCH3 is 2. The summed E-state index contributed by atoms with van der Waals surface area (Å²) in [4.78, 5) is 0. The summed E-state index contributed by atoms with van der Waals surface area (Å²) in [6.07, 6.45) is -0.544. The van der Waals surface area contributed by atoms with Crippen LogP contribution >= 0.6 is 0 Å². The maximum absolute atomic E-state index is 9.51. The fourth-order valence-corrected chi connectivity index (χ4v) is 1.35. The van der Waals surface area contributed by atoms with Gasteiger partial charge < -0.3 is 24.6 Å². The lowest BCUT2D eigenvalue weighted by atomic mass is 10.3. The number of aliphatic hydroxyl groups excluding tert-OH is 1. The van der Waals surface area contributed by atoms with Gasteiger partial charge in [0.1, 0.15) is 30.0 Å². The van der Waals surface area contributed by atoms with Gasteiger partial charge in [-0.2, -0.15) is 0 Å². The molecule has 1 unspecified atom stereocenters. The molecular weight excluding hydrogens is 222 g/mol. The van der Waals surface area contributed by atoms with Crippen LogP contribution in [0.4, 0.5) is 0 Å². The van der Waals surface area contributed by atoms with Crippen LogP contribution in [0.3, 0.4) is 0 Å². The van der Waals surface area contributed by atoms with E-state index < -0.39 is 6.10 Å². The minimum absolute atomic E-state index is 0.219. The van der Waals surface area contributed by atoms with Gasteiger partial charge in [-0.1, -0.05) is 0 Å². The molecule has 0 aliphatic rings. The minimum Gasteiger partial charge on any atom is -0.496 e. The van der Waals surface area contributed by atoms with E-state index in [1.165, 1.54) is 0 Å². The Morgan fingerprint density at radius 2 is 1.65 bits per heavy atom. The van der Waals surface area contributed by atoms with Gasteiger partial charge in [0.25, 0.3) is 0 Å². The number of likely N-dealkylation sites (N-methyl/N-ethyl adjacent to an activating group) is 1. The second-order valence-electron chi connectivity index (χ2n) is 3.57. The lowest BCUT2D eigenvalue weighted by Crippen LogP contribution is -2.29. The van der Waals surface area contributed by atoms with Crippen molar-refractivity contribution in [1.29, 1.82) is 0 Å². The molecule has 1 atom stereocenters. The Bertz CT molecular complexity index is 321. The van der Waals surface area contributed by atoms with E-state index in [1.807, 2.05) is 0 Å². The van der Waals surface area contributed by atoms with Gasteiger partial charge in [0.2, 0.25) is 0 Å². The van der Waals surface area contributed by atoms with Crippen LogP contribution in [-0.4, -0.2) is 45.6 Å². The van der Waals surface area contributed by atoms with Gasteiger partial charge >= 0.3 is 0 Å². The van der Waals surface area contributed by atoms with Crippen molar-refractivity contribution in [3.8, 4) is 17.2 Å². The van der Waals surface area contributed by atoms with Crippen molar-refractivity contribution >= 4 is 0 Å². The topological polar surface area (TPSA) is 60.0 Å². The highest BCUT2D eigenvalue weighted by molar-refractivity contribution is 5.41. The third-order valence-corrected chi connectivity index (χ3v) is 2.21. The molecule has 0 aliphatic heterocycles. The molecule has 2 N–H and O–H groups in total. The summed E-state index contributed by atoms with van der Waals surface area (Å²) in [7, 11) is 4.93. The molecule has 0 fully saturated rings. The number of benzene rings is 1. The average Bonchev–Trinajstić information content (AvgIpc) is 2.36. The number of ether oxygens (including phenoxy) is 3. The zero-order valence-electron chi connectivity index (χ0n) is 10.4. The molecule has 0 heterocycles. The third-order valence-electron chi connectivity index (χ3n) is 2.21. The Hall–Kier alpha value is -1.46. The van der Waals surface area contributed by atoms with Crippen molar-refractivity contribution < 1.29 is 19.3 Å². The molecule has 17 heavy (non-hydrogen) atoms. The molecule has 5 nitrogen and oxygen atoms in total. The SMILES string of the molecule is CNCC(O)COc1cc(OC)cc(OC)c1. The molecule has 0 saturated heterocycles. The highest BCUT2D eigenvalue weighted by atomic mass is 16.5. The average molecular weight is 241 g/mol. The fraction of sp³-hybridized carbons (Fsp3) is 0.500. The van der Waals surface area contributed by atoms with Crippen molar-refractivity contribution in [2.45, 2.75) is 6.10 Å². The summed E-state index contributed by atoms with van der Waals surface area (Å²) >= 11 is 0. The molecule has 1 rings (SSSR count). The molecule has 0 aromatic heterocycles. The first-order valence-corrected chi connectivity index (χ1v) is 5.38. The van der Waals surface area contributed by atoms with E-state index in [-0.39, 0.29) is 6.61 Å². The summed E-state index contributed by atoms with van der Waals surface area (Å²) in [6, 6.07) is 5.25. The van der Waals surface area contributed by atoms with Crippen LogP contribution in [0.5, 0.6) is 17.2 Å². The van der Waals surface area contributed by atoms with Crippen LogP contribution in [-0.2, 0) is 0 Å². The summed E-state index contributed by atoms with van der Waals surface area (Å²) in [6.45, 7) is 0.707. The maximum Gasteiger partial charge on any atom is 0.126 e. The van der Waals surface area contributed by atoms with E-state index in [1.54, 1.807) is 39.5 Å². The zero-order chi connectivity index (χ0) is 12.7.